The van der Waals surface area contributed by atoms with E-state index in [4.69, 9.17) is 10.9 Å². The summed E-state index contributed by atoms with van der Waals surface area (Å²) in [5, 5.41) is 12.5. The van der Waals surface area contributed by atoms with Crippen LogP contribution in [0.4, 0.5) is 5.13 Å². The summed E-state index contributed by atoms with van der Waals surface area (Å²) in [5.41, 5.74) is 5.50. The van der Waals surface area contributed by atoms with Crippen molar-refractivity contribution in [2.24, 2.45) is 16.8 Å². The van der Waals surface area contributed by atoms with Crippen molar-refractivity contribution < 1.29 is 5.21 Å². The summed E-state index contributed by atoms with van der Waals surface area (Å²) in [5.74, 6) is 1.63. The van der Waals surface area contributed by atoms with Crippen LogP contribution in [0.15, 0.2) is 5.16 Å². The Morgan fingerprint density at radius 2 is 2.28 bits per heavy atom. The van der Waals surface area contributed by atoms with Gasteiger partial charge in [0.25, 0.3) is 0 Å². The van der Waals surface area contributed by atoms with E-state index in [1.54, 1.807) is 0 Å². The fourth-order valence-electron chi connectivity index (χ4n) is 1.52. The highest BCUT2D eigenvalue weighted by Crippen LogP contribution is 2.19. The number of nitrogens with two attached hydrogens (primary N) is 1. The van der Waals surface area contributed by atoms with E-state index in [-0.39, 0.29) is 5.84 Å². The number of hydrogen-bond donors (Lipinski definition) is 2. The lowest BCUT2D eigenvalue weighted by molar-refractivity contribution is 0.317. The third-order valence-electron chi connectivity index (χ3n) is 2.40. The van der Waals surface area contributed by atoms with Crippen molar-refractivity contribution in [1.29, 1.82) is 0 Å². The monoisotopic (exact) mass is 271 g/mol. The van der Waals surface area contributed by atoms with Crippen molar-refractivity contribution in [3.63, 3.8) is 0 Å². The van der Waals surface area contributed by atoms with Gasteiger partial charge in [-0.2, -0.15) is 4.37 Å². The zero-order valence-corrected chi connectivity index (χ0v) is 11.9. The molecule has 0 fully saturated rings. The van der Waals surface area contributed by atoms with Crippen molar-refractivity contribution in [1.82, 2.24) is 9.36 Å². The van der Waals surface area contributed by atoms with Gasteiger partial charge in [-0.05, 0) is 5.92 Å². The van der Waals surface area contributed by atoms with Gasteiger partial charge < -0.3 is 15.8 Å². The lowest BCUT2D eigenvalue weighted by atomic mass is 10.2. The van der Waals surface area contributed by atoms with E-state index in [0.29, 0.717) is 18.9 Å². The highest BCUT2D eigenvalue weighted by Gasteiger charge is 2.14. The summed E-state index contributed by atoms with van der Waals surface area (Å²) in [6, 6.07) is 0. The summed E-state index contributed by atoms with van der Waals surface area (Å²) in [7, 11) is 0. The van der Waals surface area contributed by atoms with Gasteiger partial charge in [0, 0.05) is 37.5 Å². The molecule has 0 saturated heterocycles. The Balaban J connectivity index is 2.71. The molecule has 1 rings (SSSR count). The molecule has 7 heteroatoms. The number of aromatic nitrogens is 2. The Morgan fingerprint density at radius 3 is 2.78 bits per heavy atom. The predicted octanol–water partition coefficient (Wildman–Crippen LogP) is 1.70. The maximum atomic E-state index is 8.56. The van der Waals surface area contributed by atoms with E-state index in [9.17, 15) is 0 Å². The molecule has 0 unspecified atom stereocenters. The Morgan fingerprint density at radius 1 is 1.56 bits per heavy atom. The molecule has 0 amide bonds. The van der Waals surface area contributed by atoms with E-state index in [1.165, 1.54) is 11.5 Å². The number of amidine groups is 1. The fourth-order valence-corrected chi connectivity index (χ4v) is 2.31. The van der Waals surface area contributed by atoms with Gasteiger partial charge in [0.15, 0.2) is 0 Å². The van der Waals surface area contributed by atoms with Gasteiger partial charge in [-0.3, -0.25) is 0 Å². The van der Waals surface area contributed by atoms with Gasteiger partial charge in [-0.1, -0.05) is 25.9 Å². The summed E-state index contributed by atoms with van der Waals surface area (Å²) in [6.45, 7) is 7.91. The summed E-state index contributed by atoms with van der Waals surface area (Å²) >= 11 is 1.41. The van der Waals surface area contributed by atoms with Crippen molar-refractivity contribution in [3.05, 3.63) is 5.82 Å². The van der Waals surface area contributed by atoms with Crippen LogP contribution in [0.2, 0.25) is 0 Å². The molecule has 0 spiro atoms. The molecule has 1 aromatic heterocycles. The first-order valence-corrected chi connectivity index (χ1v) is 6.88. The quantitative estimate of drug-likeness (QED) is 0.341. The number of aryl methyl sites for hydroxylation is 1. The highest BCUT2D eigenvalue weighted by atomic mass is 32.1. The first-order valence-electron chi connectivity index (χ1n) is 6.10. The molecule has 0 aliphatic carbocycles. The van der Waals surface area contributed by atoms with E-state index in [0.717, 1.165) is 23.9 Å². The van der Waals surface area contributed by atoms with E-state index in [1.807, 2.05) is 6.92 Å². The Hall–Kier alpha value is -1.37. The van der Waals surface area contributed by atoms with Crippen LogP contribution in [0, 0.1) is 5.92 Å². The average molecular weight is 271 g/mol. The third-order valence-corrected chi connectivity index (χ3v) is 3.21. The van der Waals surface area contributed by atoms with Crippen LogP contribution in [0.5, 0.6) is 0 Å². The lowest BCUT2D eigenvalue weighted by Crippen LogP contribution is -2.31. The number of oxime groups is 1. The van der Waals surface area contributed by atoms with Gasteiger partial charge >= 0.3 is 0 Å². The molecule has 0 bridgehead atoms. The van der Waals surface area contributed by atoms with Crippen molar-refractivity contribution in [2.75, 3.05) is 18.0 Å². The molecule has 102 valence electrons. The molecular formula is C11H21N5OS. The lowest BCUT2D eigenvalue weighted by Gasteiger charge is -2.23. The first kappa shape index (κ1) is 14.7. The molecule has 0 saturated carbocycles. The van der Waals surface area contributed by atoms with Crippen LogP contribution >= 0.6 is 11.5 Å². The van der Waals surface area contributed by atoms with Crippen LogP contribution in [0.25, 0.3) is 0 Å². The minimum Gasteiger partial charge on any atom is -0.409 e. The SMILES string of the molecule is CCc1nsc(N(CCC(N)=NO)CC(C)C)n1. The average Bonchev–Trinajstić information content (AvgIpc) is 2.82. The van der Waals surface area contributed by atoms with E-state index < -0.39 is 0 Å². The molecule has 0 radical (unpaired) electrons. The minimum absolute atomic E-state index is 0.240. The molecule has 0 aliphatic heterocycles. The summed E-state index contributed by atoms with van der Waals surface area (Å²) < 4.78 is 4.29. The normalized spacial score (nSPS) is 12.1. The second kappa shape index (κ2) is 7.15. The van der Waals surface area contributed by atoms with Crippen LogP contribution in [-0.4, -0.2) is 33.5 Å². The summed E-state index contributed by atoms with van der Waals surface area (Å²) in [6.07, 6.45) is 1.36. The minimum atomic E-state index is 0.240. The van der Waals surface area contributed by atoms with Crippen LogP contribution < -0.4 is 10.6 Å². The van der Waals surface area contributed by atoms with E-state index >= 15 is 0 Å². The predicted molar refractivity (Wildman–Crippen MR) is 74.4 cm³/mol. The molecule has 0 aliphatic rings. The fraction of sp³-hybridized carbons (Fsp3) is 0.727. The molecule has 0 atom stereocenters. The van der Waals surface area contributed by atoms with Crippen molar-refractivity contribution in [2.45, 2.75) is 33.6 Å². The largest absolute Gasteiger partial charge is 0.409 e. The number of anilines is 1. The van der Waals surface area contributed by atoms with Crippen molar-refractivity contribution >= 4 is 22.5 Å². The molecule has 0 aromatic carbocycles. The molecule has 3 N–H and O–H groups in total. The Labute approximate surface area is 112 Å². The van der Waals surface area contributed by atoms with Crippen LogP contribution in [-0.2, 0) is 6.42 Å². The van der Waals surface area contributed by atoms with Crippen molar-refractivity contribution in [3.8, 4) is 0 Å². The molecule has 18 heavy (non-hydrogen) atoms. The maximum absolute atomic E-state index is 8.56. The third kappa shape index (κ3) is 4.48. The Bertz CT molecular complexity index is 391. The smallest absolute Gasteiger partial charge is 0.205 e. The van der Waals surface area contributed by atoms with Gasteiger partial charge in [-0.25, -0.2) is 4.98 Å². The zero-order valence-electron chi connectivity index (χ0n) is 11.1. The molecular weight excluding hydrogens is 250 g/mol. The Kier molecular flexibility index (Phi) is 5.84. The standard InChI is InChI=1S/C11H21N5OS/c1-4-10-13-11(18-15-10)16(7-8(2)3)6-5-9(12)14-17/h8,17H,4-7H2,1-3H3,(H2,12,14). The second-order valence-corrected chi connectivity index (χ2v) is 5.26. The molecule has 1 heterocycles. The second-order valence-electron chi connectivity index (χ2n) is 4.53. The number of nitrogens with zero attached hydrogens (tertiary/aromatic N) is 4. The van der Waals surface area contributed by atoms with E-state index in [2.05, 4.69) is 33.3 Å². The highest BCUT2D eigenvalue weighted by molar-refractivity contribution is 7.09. The molecule has 6 nitrogen and oxygen atoms in total. The van der Waals surface area contributed by atoms with Gasteiger partial charge in [0.2, 0.25) is 5.13 Å². The topological polar surface area (TPSA) is 87.6 Å². The zero-order chi connectivity index (χ0) is 13.5. The van der Waals surface area contributed by atoms with Crippen LogP contribution in [0.1, 0.15) is 33.0 Å². The van der Waals surface area contributed by atoms with Gasteiger partial charge in [-0.15, -0.1) is 0 Å². The maximum Gasteiger partial charge on any atom is 0.205 e. The number of hydrogen-bond acceptors (Lipinski definition) is 6. The van der Waals surface area contributed by atoms with Gasteiger partial charge in [0.05, 0.1) is 0 Å². The summed E-state index contributed by atoms with van der Waals surface area (Å²) in [4.78, 5) is 6.61. The number of rotatable bonds is 7. The van der Waals surface area contributed by atoms with Gasteiger partial charge in [0.1, 0.15) is 11.7 Å². The van der Waals surface area contributed by atoms with Crippen LogP contribution in [0.3, 0.4) is 0 Å². The first-order chi connectivity index (χ1) is 8.56. The molecule has 1 aromatic rings.